The molecular formula is C26H32N4O. The highest BCUT2D eigenvalue weighted by Gasteiger charge is 2.09. The van der Waals surface area contributed by atoms with Gasteiger partial charge >= 0.3 is 0 Å². The van der Waals surface area contributed by atoms with Crippen LogP contribution in [0.1, 0.15) is 55.8 Å². The SMILES string of the molecule is CCCCCCCOc1ccc(/C=N/Nc2nc(-c3ccccc3)nc(C)c2C)cc1. The summed E-state index contributed by atoms with van der Waals surface area (Å²) in [6.45, 7) is 6.99. The van der Waals surface area contributed by atoms with Crippen LogP contribution in [-0.2, 0) is 0 Å². The molecule has 5 heteroatoms. The van der Waals surface area contributed by atoms with Crippen molar-refractivity contribution in [2.45, 2.75) is 52.9 Å². The molecule has 2 aromatic carbocycles. The number of rotatable bonds is 11. The number of nitrogens with one attached hydrogen (secondary N) is 1. The van der Waals surface area contributed by atoms with Gasteiger partial charge in [0.05, 0.1) is 12.8 Å². The molecule has 0 saturated heterocycles. The fraction of sp³-hybridized carbons (Fsp3) is 0.346. The molecule has 0 bridgehead atoms. The first-order valence-electron chi connectivity index (χ1n) is 11.1. The van der Waals surface area contributed by atoms with Gasteiger partial charge in [-0.25, -0.2) is 9.97 Å². The fourth-order valence-electron chi connectivity index (χ4n) is 3.17. The van der Waals surface area contributed by atoms with Crippen molar-refractivity contribution in [2.24, 2.45) is 5.10 Å². The molecule has 0 saturated carbocycles. The van der Waals surface area contributed by atoms with Crippen molar-refractivity contribution in [1.29, 1.82) is 0 Å². The molecule has 0 spiro atoms. The van der Waals surface area contributed by atoms with Crippen LogP contribution in [0.15, 0.2) is 59.7 Å². The maximum absolute atomic E-state index is 5.82. The summed E-state index contributed by atoms with van der Waals surface area (Å²) in [5.74, 6) is 2.30. The third-order valence-electron chi connectivity index (χ3n) is 5.20. The maximum Gasteiger partial charge on any atom is 0.161 e. The Balaban J connectivity index is 1.56. The average Bonchev–Trinajstić information content (AvgIpc) is 2.80. The van der Waals surface area contributed by atoms with Gasteiger partial charge in [0.25, 0.3) is 0 Å². The van der Waals surface area contributed by atoms with Crippen LogP contribution in [0.2, 0.25) is 0 Å². The van der Waals surface area contributed by atoms with Gasteiger partial charge in [0.15, 0.2) is 11.6 Å². The third kappa shape index (κ3) is 6.92. The van der Waals surface area contributed by atoms with Crippen molar-refractivity contribution in [3.8, 4) is 17.1 Å². The Kier molecular flexibility index (Phi) is 8.59. The van der Waals surface area contributed by atoms with Gasteiger partial charge in [-0.15, -0.1) is 0 Å². The minimum Gasteiger partial charge on any atom is -0.494 e. The topological polar surface area (TPSA) is 59.4 Å². The highest BCUT2D eigenvalue weighted by atomic mass is 16.5. The zero-order valence-corrected chi connectivity index (χ0v) is 18.8. The van der Waals surface area contributed by atoms with Crippen LogP contribution in [0, 0.1) is 13.8 Å². The lowest BCUT2D eigenvalue weighted by Crippen LogP contribution is -2.03. The molecule has 0 fully saturated rings. The predicted octanol–water partition coefficient (Wildman–Crippen LogP) is 6.56. The van der Waals surface area contributed by atoms with Gasteiger partial charge in [0.1, 0.15) is 5.75 Å². The first-order chi connectivity index (χ1) is 15.2. The molecule has 3 rings (SSSR count). The summed E-state index contributed by atoms with van der Waals surface area (Å²) in [7, 11) is 0. The molecule has 1 aromatic heterocycles. The van der Waals surface area contributed by atoms with Crippen molar-refractivity contribution < 1.29 is 4.74 Å². The fourth-order valence-corrected chi connectivity index (χ4v) is 3.17. The smallest absolute Gasteiger partial charge is 0.161 e. The Labute approximate surface area is 185 Å². The Hall–Kier alpha value is -3.21. The van der Waals surface area contributed by atoms with E-state index in [1.807, 2.05) is 68.4 Å². The van der Waals surface area contributed by atoms with E-state index >= 15 is 0 Å². The number of unbranched alkanes of at least 4 members (excludes halogenated alkanes) is 4. The summed E-state index contributed by atoms with van der Waals surface area (Å²) >= 11 is 0. The molecule has 1 N–H and O–H groups in total. The van der Waals surface area contributed by atoms with Crippen LogP contribution in [0.4, 0.5) is 5.82 Å². The van der Waals surface area contributed by atoms with E-state index in [2.05, 4.69) is 27.4 Å². The van der Waals surface area contributed by atoms with E-state index in [0.29, 0.717) is 11.6 Å². The molecule has 31 heavy (non-hydrogen) atoms. The first kappa shape index (κ1) is 22.5. The molecule has 162 valence electrons. The Morgan fingerprint density at radius 1 is 0.903 bits per heavy atom. The number of aryl methyl sites for hydroxylation is 1. The summed E-state index contributed by atoms with van der Waals surface area (Å²) in [6.07, 6.45) is 8.00. The van der Waals surface area contributed by atoms with E-state index in [1.54, 1.807) is 6.21 Å². The summed E-state index contributed by atoms with van der Waals surface area (Å²) in [5, 5.41) is 4.38. The number of hydrogen-bond acceptors (Lipinski definition) is 5. The predicted molar refractivity (Wildman–Crippen MR) is 129 cm³/mol. The summed E-state index contributed by atoms with van der Waals surface area (Å²) in [5.41, 5.74) is 6.97. The molecule has 0 aliphatic carbocycles. The summed E-state index contributed by atoms with van der Waals surface area (Å²) in [4.78, 5) is 9.26. The number of nitrogens with zero attached hydrogens (tertiary/aromatic N) is 3. The lowest BCUT2D eigenvalue weighted by molar-refractivity contribution is 0.304. The van der Waals surface area contributed by atoms with Gasteiger partial charge < -0.3 is 4.74 Å². The number of hydrogen-bond donors (Lipinski definition) is 1. The van der Waals surface area contributed by atoms with E-state index in [4.69, 9.17) is 4.74 Å². The molecule has 0 aliphatic heterocycles. The van der Waals surface area contributed by atoms with Crippen molar-refractivity contribution in [3.05, 3.63) is 71.4 Å². The lowest BCUT2D eigenvalue weighted by Gasteiger charge is -2.09. The minimum atomic E-state index is 0.692. The monoisotopic (exact) mass is 416 g/mol. The van der Waals surface area contributed by atoms with Crippen LogP contribution < -0.4 is 10.2 Å². The second-order valence-corrected chi connectivity index (χ2v) is 7.67. The largest absolute Gasteiger partial charge is 0.494 e. The highest BCUT2D eigenvalue weighted by Crippen LogP contribution is 2.21. The number of ether oxygens (including phenoxy) is 1. The number of benzene rings is 2. The second kappa shape index (κ2) is 11.8. The second-order valence-electron chi connectivity index (χ2n) is 7.67. The van der Waals surface area contributed by atoms with Crippen molar-refractivity contribution in [1.82, 2.24) is 9.97 Å². The molecule has 0 aliphatic rings. The molecule has 0 unspecified atom stereocenters. The van der Waals surface area contributed by atoms with E-state index in [1.165, 1.54) is 25.7 Å². The molecule has 0 radical (unpaired) electrons. The zero-order chi connectivity index (χ0) is 21.9. The summed E-state index contributed by atoms with van der Waals surface area (Å²) < 4.78 is 5.82. The van der Waals surface area contributed by atoms with E-state index in [-0.39, 0.29) is 0 Å². The van der Waals surface area contributed by atoms with Gasteiger partial charge in [0, 0.05) is 16.8 Å². The van der Waals surface area contributed by atoms with Gasteiger partial charge in [-0.1, -0.05) is 62.9 Å². The molecule has 3 aromatic rings. The Bertz CT molecular complexity index is 969. The highest BCUT2D eigenvalue weighted by molar-refractivity contribution is 5.80. The van der Waals surface area contributed by atoms with Crippen LogP contribution in [0.25, 0.3) is 11.4 Å². The van der Waals surface area contributed by atoms with Crippen molar-refractivity contribution >= 4 is 12.0 Å². The molecule has 0 atom stereocenters. The average molecular weight is 417 g/mol. The van der Waals surface area contributed by atoms with Crippen LogP contribution in [-0.4, -0.2) is 22.8 Å². The number of hydrazone groups is 1. The number of aromatic nitrogens is 2. The van der Waals surface area contributed by atoms with Gasteiger partial charge in [0.2, 0.25) is 0 Å². The molecular weight excluding hydrogens is 384 g/mol. The first-order valence-corrected chi connectivity index (χ1v) is 11.1. The molecule has 5 nitrogen and oxygen atoms in total. The van der Waals surface area contributed by atoms with Crippen LogP contribution in [0.3, 0.4) is 0 Å². The minimum absolute atomic E-state index is 0.692. The zero-order valence-electron chi connectivity index (χ0n) is 18.8. The van der Waals surface area contributed by atoms with E-state index in [9.17, 15) is 0 Å². The quantitative estimate of drug-likeness (QED) is 0.219. The number of anilines is 1. The third-order valence-corrected chi connectivity index (χ3v) is 5.20. The van der Waals surface area contributed by atoms with Crippen LogP contribution >= 0.6 is 0 Å². The van der Waals surface area contributed by atoms with Crippen molar-refractivity contribution in [2.75, 3.05) is 12.0 Å². The molecule has 0 amide bonds. The Morgan fingerprint density at radius 3 is 2.39 bits per heavy atom. The van der Waals surface area contributed by atoms with Gasteiger partial charge in [-0.2, -0.15) is 5.10 Å². The maximum atomic E-state index is 5.82. The molecule has 1 heterocycles. The van der Waals surface area contributed by atoms with E-state index < -0.39 is 0 Å². The standard InChI is InChI=1S/C26H32N4O/c1-4-5-6-7-11-18-31-24-16-14-22(15-17-24)19-27-30-25-20(2)21(3)28-26(29-25)23-12-9-8-10-13-23/h8-10,12-17,19H,4-7,11,18H2,1-3H3,(H,28,29,30)/b27-19+. The van der Waals surface area contributed by atoms with Crippen LogP contribution in [0.5, 0.6) is 5.75 Å². The normalized spacial score (nSPS) is 11.1. The Morgan fingerprint density at radius 2 is 1.65 bits per heavy atom. The summed E-state index contributed by atoms with van der Waals surface area (Å²) in [6, 6.07) is 18.0. The van der Waals surface area contributed by atoms with E-state index in [0.717, 1.165) is 41.2 Å². The van der Waals surface area contributed by atoms with Gasteiger partial charge in [-0.3, -0.25) is 5.43 Å². The van der Waals surface area contributed by atoms with Crippen molar-refractivity contribution in [3.63, 3.8) is 0 Å². The lowest BCUT2D eigenvalue weighted by atomic mass is 10.2. The van der Waals surface area contributed by atoms with Gasteiger partial charge in [-0.05, 0) is 50.1 Å².